The number of hydrogen-bond donors (Lipinski definition) is 0. The standard InChI is InChI=1S/C21H26N2O2S/c24-20-16-21(26(25)17-19-9-5-3-6-10-19)23(20)15-7-2-1-4-8-18-11-13-22-14-12-18/h3,5-6,9-14,21H,1-2,4,7-8,15-17H2. The van der Waals surface area contributed by atoms with Gasteiger partial charge >= 0.3 is 0 Å². The molecule has 0 saturated carbocycles. The van der Waals surface area contributed by atoms with Gasteiger partial charge in [-0.3, -0.25) is 14.7 Å². The highest BCUT2D eigenvalue weighted by atomic mass is 32.2. The number of unbranched alkanes of at least 4 members (excludes halogenated alkanes) is 3. The molecule has 1 aromatic heterocycles. The molecule has 2 heterocycles. The van der Waals surface area contributed by atoms with E-state index in [2.05, 4.69) is 17.1 Å². The van der Waals surface area contributed by atoms with Crippen LogP contribution in [0.15, 0.2) is 54.9 Å². The molecule has 2 unspecified atom stereocenters. The van der Waals surface area contributed by atoms with Crippen LogP contribution in [0.5, 0.6) is 0 Å². The molecule has 1 saturated heterocycles. The summed E-state index contributed by atoms with van der Waals surface area (Å²) in [5, 5.41) is -0.0977. The van der Waals surface area contributed by atoms with Crippen molar-refractivity contribution in [2.75, 3.05) is 6.54 Å². The fourth-order valence-corrected chi connectivity index (χ4v) is 4.83. The topological polar surface area (TPSA) is 56.3 Å². The van der Waals surface area contributed by atoms with E-state index in [9.17, 15) is 9.35 Å². The first kappa shape index (κ1) is 18.9. The number of aryl methyl sites for hydroxylation is 1. The Morgan fingerprint density at radius 1 is 1.00 bits per heavy atom. The smallest absolute Gasteiger partial charge is 0.233 e. The van der Waals surface area contributed by atoms with E-state index in [1.54, 1.807) is 0 Å². The minimum Gasteiger partial charge on any atom is -0.614 e. The predicted molar refractivity (Wildman–Crippen MR) is 105 cm³/mol. The molecule has 138 valence electrons. The first-order valence-electron chi connectivity index (χ1n) is 9.33. The van der Waals surface area contributed by atoms with Crippen LogP contribution in [0.3, 0.4) is 0 Å². The minimum absolute atomic E-state index is 0.0977. The zero-order valence-corrected chi connectivity index (χ0v) is 15.9. The minimum atomic E-state index is -1.01. The number of likely N-dealkylation sites (tertiary alicyclic amines) is 1. The Balaban J connectivity index is 1.34. The maximum absolute atomic E-state index is 12.6. The second-order valence-corrected chi connectivity index (χ2v) is 8.37. The summed E-state index contributed by atoms with van der Waals surface area (Å²) < 4.78 is 12.6. The molecule has 1 aliphatic rings. The van der Waals surface area contributed by atoms with E-state index >= 15 is 0 Å². The number of benzene rings is 1. The SMILES string of the molecule is O=C1CC([S+]([O-])Cc2ccccc2)N1CCCCCCc1ccncc1. The van der Waals surface area contributed by atoms with Gasteiger partial charge in [0.05, 0.1) is 6.42 Å². The average Bonchev–Trinajstić information content (AvgIpc) is 2.66. The number of nitrogens with zero attached hydrogens (tertiary/aromatic N) is 2. The molecule has 2 atom stereocenters. The van der Waals surface area contributed by atoms with Crippen molar-refractivity contribution in [3.63, 3.8) is 0 Å². The summed E-state index contributed by atoms with van der Waals surface area (Å²) in [5.41, 5.74) is 2.40. The van der Waals surface area contributed by atoms with Gasteiger partial charge in [-0.15, -0.1) is 0 Å². The van der Waals surface area contributed by atoms with Gasteiger partial charge in [-0.1, -0.05) is 43.2 Å². The molecule has 1 aliphatic heterocycles. The molecule has 1 fully saturated rings. The van der Waals surface area contributed by atoms with Gasteiger partial charge in [0.25, 0.3) is 0 Å². The monoisotopic (exact) mass is 370 g/mol. The van der Waals surface area contributed by atoms with Crippen LogP contribution in [-0.4, -0.2) is 32.3 Å². The second kappa shape index (κ2) is 9.74. The lowest BCUT2D eigenvalue weighted by atomic mass is 10.1. The Morgan fingerprint density at radius 2 is 1.73 bits per heavy atom. The first-order chi connectivity index (χ1) is 12.7. The van der Waals surface area contributed by atoms with Crippen molar-refractivity contribution < 1.29 is 9.35 Å². The number of β-lactam (4-membered cyclic amide) rings is 1. The average molecular weight is 371 g/mol. The molecule has 4 nitrogen and oxygen atoms in total. The molecule has 3 rings (SSSR count). The number of amides is 1. The molecule has 0 aliphatic carbocycles. The summed E-state index contributed by atoms with van der Waals surface area (Å²) in [6.45, 7) is 0.735. The van der Waals surface area contributed by atoms with Crippen LogP contribution in [0.2, 0.25) is 0 Å². The van der Waals surface area contributed by atoms with Gasteiger partial charge in [-0.05, 0) is 48.1 Å². The van der Waals surface area contributed by atoms with Crippen LogP contribution in [-0.2, 0) is 28.1 Å². The van der Waals surface area contributed by atoms with Crippen LogP contribution in [0.1, 0.15) is 43.2 Å². The van der Waals surface area contributed by atoms with Crippen molar-refractivity contribution >= 4 is 17.1 Å². The summed E-state index contributed by atoms with van der Waals surface area (Å²) in [6.07, 6.45) is 9.58. The van der Waals surface area contributed by atoms with E-state index < -0.39 is 11.2 Å². The molecule has 5 heteroatoms. The van der Waals surface area contributed by atoms with Gasteiger partial charge in [0.2, 0.25) is 5.91 Å². The highest BCUT2D eigenvalue weighted by Gasteiger charge is 2.43. The molecular formula is C21H26N2O2S. The fraction of sp³-hybridized carbons (Fsp3) is 0.429. The Morgan fingerprint density at radius 3 is 2.46 bits per heavy atom. The van der Waals surface area contributed by atoms with Crippen LogP contribution in [0.25, 0.3) is 0 Å². The van der Waals surface area contributed by atoms with Gasteiger partial charge in [-0.2, -0.15) is 0 Å². The van der Waals surface area contributed by atoms with E-state index in [-0.39, 0.29) is 11.3 Å². The van der Waals surface area contributed by atoms with Crippen LogP contribution < -0.4 is 0 Å². The summed E-state index contributed by atoms with van der Waals surface area (Å²) in [4.78, 5) is 17.7. The molecule has 0 bridgehead atoms. The molecular weight excluding hydrogens is 344 g/mol. The molecule has 26 heavy (non-hydrogen) atoms. The Labute approximate surface area is 158 Å². The Bertz CT molecular complexity index is 681. The second-order valence-electron chi connectivity index (χ2n) is 6.78. The quantitative estimate of drug-likeness (QED) is 0.364. The van der Waals surface area contributed by atoms with Crippen molar-refractivity contribution in [3.05, 3.63) is 66.0 Å². The number of pyridine rings is 1. The number of carbonyl (C=O) groups is 1. The maximum Gasteiger partial charge on any atom is 0.233 e. The predicted octanol–water partition coefficient (Wildman–Crippen LogP) is 3.69. The third kappa shape index (κ3) is 5.32. The zero-order valence-electron chi connectivity index (χ0n) is 15.0. The van der Waals surface area contributed by atoms with Gasteiger partial charge in [0.1, 0.15) is 5.75 Å². The van der Waals surface area contributed by atoms with Gasteiger partial charge in [0.15, 0.2) is 5.37 Å². The number of carbonyl (C=O) groups excluding carboxylic acids is 1. The lowest BCUT2D eigenvalue weighted by molar-refractivity contribution is -0.141. The highest BCUT2D eigenvalue weighted by Crippen LogP contribution is 2.27. The molecule has 0 spiro atoms. The summed E-state index contributed by atoms with van der Waals surface area (Å²) in [6, 6.07) is 14.0. The molecule has 0 N–H and O–H groups in total. The summed E-state index contributed by atoms with van der Waals surface area (Å²) in [7, 11) is 0. The fourth-order valence-electron chi connectivity index (χ4n) is 3.28. The Kier molecular flexibility index (Phi) is 7.09. The van der Waals surface area contributed by atoms with Crippen LogP contribution in [0.4, 0.5) is 0 Å². The molecule has 2 aromatic rings. The van der Waals surface area contributed by atoms with Gasteiger partial charge < -0.3 is 4.55 Å². The highest BCUT2D eigenvalue weighted by molar-refractivity contribution is 7.91. The summed E-state index contributed by atoms with van der Waals surface area (Å²) in [5.74, 6) is 0.675. The summed E-state index contributed by atoms with van der Waals surface area (Å²) >= 11 is -1.01. The first-order valence-corrected chi connectivity index (χ1v) is 10.7. The van der Waals surface area contributed by atoms with Gasteiger partial charge in [-0.25, -0.2) is 0 Å². The van der Waals surface area contributed by atoms with E-state index in [0.717, 1.165) is 44.2 Å². The van der Waals surface area contributed by atoms with Crippen LogP contribution >= 0.6 is 0 Å². The van der Waals surface area contributed by atoms with Crippen molar-refractivity contribution in [1.82, 2.24) is 9.88 Å². The number of aromatic nitrogens is 1. The lowest BCUT2D eigenvalue weighted by Crippen LogP contribution is -2.56. The lowest BCUT2D eigenvalue weighted by Gasteiger charge is -2.40. The molecule has 1 amide bonds. The number of rotatable bonds is 10. The van der Waals surface area contributed by atoms with E-state index in [1.165, 1.54) is 5.56 Å². The van der Waals surface area contributed by atoms with Crippen molar-refractivity contribution in [2.24, 2.45) is 0 Å². The van der Waals surface area contributed by atoms with Gasteiger partial charge in [0, 0.05) is 24.5 Å². The Hall–Kier alpha value is -1.85. The van der Waals surface area contributed by atoms with Crippen LogP contribution in [0, 0.1) is 0 Å². The van der Waals surface area contributed by atoms with Crippen molar-refractivity contribution in [3.8, 4) is 0 Å². The van der Waals surface area contributed by atoms with E-state index in [4.69, 9.17) is 0 Å². The third-order valence-electron chi connectivity index (χ3n) is 4.84. The number of hydrogen-bond acceptors (Lipinski definition) is 3. The third-order valence-corrected chi connectivity index (χ3v) is 6.48. The molecule has 1 aromatic carbocycles. The maximum atomic E-state index is 12.6. The largest absolute Gasteiger partial charge is 0.614 e. The molecule has 0 radical (unpaired) electrons. The van der Waals surface area contributed by atoms with Crippen molar-refractivity contribution in [2.45, 2.75) is 49.7 Å². The normalized spacial score (nSPS) is 17.8. The van der Waals surface area contributed by atoms with Crippen molar-refractivity contribution in [1.29, 1.82) is 0 Å². The zero-order chi connectivity index (χ0) is 18.2. The van der Waals surface area contributed by atoms with E-state index in [1.807, 2.05) is 47.6 Å². The van der Waals surface area contributed by atoms with E-state index in [0.29, 0.717) is 12.2 Å².